The first-order chi connectivity index (χ1) is 16.1. The first-order valence-electron chi connectivity index (χ1n) is 10.5. The average Bonchev–Trinajstić information content (AvgIpc) is 3.25. The fraction of sp³-hybridized carbons (Fsp3) is 0.200. The number of anilines is 2. The van der Waals surface area contributed by atoms with Gasteiger partial charge < -0.3 is 24.4 Å². The van der Waals surface area contributed by atoms with Gasteiger partial charge >= 0.3 is 0 Å². The Bertz CT molecular complexity index is 1210. The molecule has 1 N–H and O–H groups in total. The highest BCUT2D eigenvalue weighted by atomic mass is 32.2. The summed E-state index contributed by atoms with van der Waals surface area (Å²) in [6.07, 6.45) is 0.251. The molecule has 2 heterocycles. The largest absolute Gasteiger partial charge is 0.495 e. The molecule has 1 atom stereocenters. The van der Waals surface area contributed by atoms with Crippen molar-refractivity contribution in [1.29, 1.82) is 0 Å². The third-order valence-electron chi connectivity index (χ3n) is 5.54. The molecular weight excluding hydrogens is 440 g/mol. The van der Waals surface area contributed by atoms with E-state index in [0.29, 0.717) is 22.9 Å². The molecule has 1 unspecified atom stereocenters. The molecule has 2 amide bonds. The van der Waals surface area contributed by atoms with Gasteiger partial charge in [-0.15, -0.1) is 11.8 Å². The minimum atomic E-state index is -0.297. The van der Waals surface area contributed by atoms with E-state index >= 15 is 0 Å². The zero-order valence-electron chi connectivity index (χ0n) is 17.9. The van der Waals surface area contributed by atoms with E-state index in [2.05, 4.69) is 5.32 Å². The molecule has 0 bridgehead atoms. The van der Waals surface area contributed by atoms with E-state index in [9.17, 15) is 9.59 Å². The van der Waals surface area contributed by atoms with Crippen molar-refractivity contribution in [1.82, 2.24) is 0 Å². The van der Waals surface area contributed by atoms with Crippen molar-refractivity contribution in [3.8, 4) is 17.2 Å². The molecule has 3 aromatic rings. The molecule has 5 rings (SSSR count). The molecule has 8 heteroatoms. The molecule has 2 aliphatic heterocycles. The summed E-state index contributed by atoms with van der Waals surface area (Å²) < 4.78 is 16.2. The maximum Gasteiger partial charge on any atom is 0.244 e. The number of amides is 2. The van der Waals surface area contributed by atoms with Crippen LogP contribution in [0.15, 0.2) is 71.6 Å². The number of fused-ring (bicyclic) bond motifs is 2. The number of hydrogen-bond donors (Lipinski definition) is 1. The Kier molecular flexibility index (Phi) is 5.83. The molecule has 0 fully saturated rings. The standard InChI is InChI=1S/C25H22N2O5S/c1-30-19-8-4-2-6-17(19)26-24(28)14-27-18-7-3-5-9-22(18)33-23(13-25(27)29)16-10-11-20-21(12-16)32-15-31-20/h2-12,23H,13-15H2,1H3,(H,26,28). The van der Waals surface area contributed by atoms with E-state index in [1.54, 1.807) is 35.9 Å². The summed E-state index contributed by atoms with van der Waals surface area (Å²) in [4.78, 5) is 28.8. The van der Waals surface area contributed by atoms with E-state index in [4.69, 9.17) is 14.2 Å². The summed E-state index contributed by atoms with van der Waals surface area (Å²) in [5.74, 6) is 1.54. The zero-order chi connectivity index (χ0) is 22.8. The number of nitrogens with one attached hydrogen (secondary N) is 1. The third-order valence-corrected chi connectivity index (χ3v) is 6.86. The summed E-state index contributed by atoms with van der Waals surface area (Å²) in [7, 11) is 1.55. The maximum absolute atomic E-state index is 13.4. The van der Waals surface area contributed by atoms with Gasteiger partial charge in [-0.05, 0) is 42.0 Å². The average molecular weight is 463 g/mol. The zero-order valence-corrected chi connectivity index (χ0v) is 18.8. The highest BCUT2D eigenvalue weighted by molar-refractivity contribution is 7.99. The Morgan fingerprint density at radius 1 is 1.09 bits per heavy atom. The molecule has 0 radical (unpaired) electrons. The van der Waals surface area contributed by atoms with E-state index in [1.807, 2.05) is 54.6 Å². The number of methoxy groups -OCH3 is 1. The summed E-state index contributed by atoms with van der Waals surface area (Å²) in [5.41, 5.74) is 2.27. The number of nitrogens with zero attached hydrogens (tertiary/aromatic N) is 1. The summed E-state index contributed by atoms with van der Waals surface area (Å²) in [5, 5.41) is 2.74. The first kappa shape index (κ1) is 21.2. The molecule has 0 saturated heterocycles. The molecule has 0 spiro atoms. The second-order valence-electron chi connectivity index (χ2n) is 7.62. The van der Waals surface area contributed by atoms with Crippen molar-refractivity contribution in [3.63, 3.8) is 0 Å². The van der Waals surface area contributed by atoms with Crippen LogP contribution >= 0.6 is 11.8 Å². The minimum absolute atomic E-state index is 0.0949. The fourth-order valence-corrected chi connectivity index (χ4v) is 5.20. The van der Waals surface area contributed by atoms with Crippen LogP contribution in [0.4, 0.5) is 11.4 Å². The van der Waals surface area contributed by atoms with Gasteiger partial charge in [0.25, 0.3) is 0 Å². The maximum atomic E-state index is 13.4. The molecule has 168 valence electrons. The number of hydrogen-bond acceptors (Lipinski definition) is 6. The first-order valence-corrected chi connectivity index (χ1v) is 11.4. The topological polar surface area (TPSA) is 77.1 Å². The van der Waals surface area contributed by atoms with Crippen LogP contribution in [0.3, 0.4) is 0 Å². The quantitative estimate of drug-likeness (QED) is 0.596. The van der Waals surface area contributed by atoms with E-state index < -0.39 is 0 Å². The monoisotopic (exact) mass is 462 g/mol. The van der Waals surface area contributed by atoms with Crippen LogP contribution in [0.25, 0.3) is 0 Å². The van der Waals surface area contributed by atoms with Crippen molar-refractivity contribution >= 4 is 35.0 Å². The van der Waals surface area contributed by atoms with Crippen molar-refractivity contribution in [2.24, 2.45) is 0 Å². The van der Waals surface area contributed by atoms with Crippen LogP contribution < -0.4 is 24.4 Å². The molecule has 3 aromatic carbocycles. The Labute approximate surface area is 195 Å². The number of carbonyl (C=O) groups excluding carboxylic acids is 2. The van der Waals surface area contributed by atoms with Gasteiger partial charge in [-0.1, -0.05) is 30.3 Å². The van der Waals surface area contributed by atoms with Gasteiger partial charge in [0.05, 0.1) is 18.5 Å². The number of ether oxygens (including phenoxy) is 3. The fourth-order valence-electron chi connectivity index (χ4n) is 3.93. The lowest BCUT2D eigenvalue weighted by Gasteiger charge is -2.22. The van der Waals surface area contributed by atoms with Gasteiger partial charge in [0.15, 0.2) is 11.5 Å². The number of carbonyl (C=O) groups is 2. The van der Waals surface area contributed by atoms with Crippen molar-refractivity contribution in [2.45, 2.75) is 16.6 Å². The number of thioether (sulfide) groups is 1. The SMILES string of the molecule is COc1ccccc1NC(=O)CN1C(=O)CC(c2ccc3c(c2)OCO3)Sc2ccccc21. The van der Waals surface area contributed by atoms with Gasteiger partial charge in [0.2, 0.25) is 18.6 Å². The minimum Gasteiger partial charge on any atom is -0.495 e. The van der Waals surface area contributed by atoms with Gasteiger partial charge in [-0.25, -0.2) is 0 Å². The van der Waals surface area contributed by atoms with Gasteiger partial charge in [-0.3, -0.25) is 9.59 Å². The van der Waals surface area contributed by atoms with E-state index in [1.165, 1.54) is 0 Å². The highest BCUT2D eigenvalue weighted by Crippen LogP contribution is 2.47. The summed E-state index contributed by atoms with van der Waals surface area (Å²) in [6.45, 7) is 0.107. The molecule has 7 nitrogen and oxygen atoms in total. The van der Waals surface area contributed by atoms with Crippen molar-refractivity contribution in [3.05, 3.63) is 72.3 Å². The molecule has 0 saturated carbocycles. The molecule has 33 heavy (non-hydrogen) atoms. The lowest BCUT2D eigenvalue weighted by molar-refractivity contribution is -0.121. The van der Waals surface area contributed by atoms with Crippen LogP contribution in [0.1, 0.15) is 17.2 Å². The number of benzene rings is 3. The second kappa shape index (κ2) is 9.07. The smallest absolute Gasteiger partial charge is 0.244 e. The van der Waals surface area contributed by atoms with Gasteiger partial charge in [0, 0.05) is 16.6 Å². The Hall–Kier alpha value is -3.65. The van der Waals surface area contributed by atoms with Crippen LogP contribution in [0.5, 0.6) is 17.2 Å². The number of rotatable bonds is 5. The van der Waals surface area contributed by atoms with Gasteiger partial charge in [-0.2, -0.15) is 0 Å². The summed E-state index contributed by atoms with van der Waals surface area (Å²) in [6, 6.07) is 20.6. The second-order valence-corrected chi connectivity index (χ2v) is 8.86. The van der Waals surface area contributed by atoms with Crippen molar-refractivity contribution in [2.75, 3.05) is 30.7 Å². The Balaban J connectivity index is 1.40. The Morgan fingerprint density at radius 2 is 1.88 bits per heavy atom. The van der Waals surface area contributed by atoms with Crippen LogP contribution in [-0.4, -0.2) is 32.3 Å². The van der Waals surface area contributed by atoms with E-state index in [0.717, 1.165) is 16.1 Å². The van der Waals surface area contributed by atoms with Crippen LogP contribution in [0.2, 0.25) is 0 Å². The van der Waals surface area contributed by atoms with Gasteiger partial charge in [0.1, 0.15) is 12.3 Å². The molecule has 0 aromatic heterocycles. The number of para-hydroxylation sites is 3. The lowest BCUT2D eigenvalue weighted by atomic mass is 10.1. The molecular formula is C25H22N2O5S. The molecule has 2 aliphatic rings. The Morgan fingerprint density at radius 3 is 2.76 bits per heavy atom. The van der Waals surface area contributed by atoms with Crippen LogP contribution in [0, 0.1) is 0 Å². The van der Waals surface area contributed by atoms with Crippen molar-refractivity contribution < 1.29 is 23.8 Å². The molecule has 0 aliphatic carbocycles. The van der Waals surface area contributed by atoms with E-state index in [-0.39, 0.29) is 36.8 Å². The third kappa shape index (κ3) is 4.34. The predicted octanol–water partition coefficient (Wildman–Crippen LogP) is 4.63. The highest BCUT2D eigenvalue weighted by Gasteiger charge is 2.31. The lowest BCUT2D eigenvalue weighted by Crippen LogP contribution is -2.38. The normalized spacial score (nSPS) is 16.7. The van der Waals surface area contributed by atoms with Crippen LogP contribution in [-0.2, 0) is 9.59 Å². The predicted molar refractivity (Wildman–Crippen MR) is 126 cm³/mol. The summed E-state index contributed by atoms with van der Waals surface area (Å²) >= 11 is 1.61.